The average Bonchev–Trinajstić information content (AvgIpc) is 2.79. The zero-order valence-electron chi connectivity index (χ0n) is 19.6. The van der Waals surface area contributed by atoms with E-state index < -0.39 is 0 Å². The number of anilines is 3. The molecule has 0 saturated carbocycles. The van der Waals surface area contributed by atoms with E-state index in [9.17, 15) is 9.59 Å². The van der Waals surface area contributed by atoms with Gasteiger partial charge in [0.2, 0.25) is 11.8 Å². The molecular weight excluding hydrogens is 477 g/mol. The Bertz CT molecular complexity index is 1010. The summed E-state index contributed by atoms with van der Waals surface area (Å²) in [5.74, 6) is 1.06. The van der Waals surface area contributed by atoms with Crippen molar-refractivity contribution in [3.05, 3.63) is 41.2 Å². The molecule has 2 N–H and O–H groups in total. The fourth-order valence-corrected chi connectivity index (χ4v) is 4.39. The largest absolute Gasteiger partial charge is 0.359 e. The van der Waals surface area contributed by atoms with Crippen LogP contribution in [0.1, 0.15) is 25.3 Å². The van der Waals surface area contributed by atoms with Crippen LogP contribution in [0, 0.1) is 0 Å². The third-order valence-electron chi connectivity index (χ3n) is 6.01. The van der Waals surface area contributed by atoms with Crippen LogP contribution in [0.5, 0.6) is 0 Å². The van der Waals surface area contributed by atoms with E-state index in [2.05, 4.69) is 39.3 Å². The molecule has 0 radical (unpaired) electrons. The summed E-state index contributed by atoms with van der Waals surface area (Å²) in [6.45, 7) is 7.48. The topological polar surface area (TPSA) is 93.7 Å². The molecule has 4 rings (SSSR count). The van der Waals surface area contributed by atoms with Crippen molar-refractivity contribution in [3.8, 4) is 0 Å². The summed E-state index contributed by atoms with van der Waals surface area (Å²) in [5.41, 5.74) is 1.78. The van der Waals surface area contributed by atoms with Gasteiger partial charge in [0.25, 0.3) is 0 Å². The molecule has 34 heavy (non-hydrogen) atoms. The van der Waals surface area contributed by atoms with Crippen LogP contribution in [0.4, 0.5) is 17.3 Å². The van der Waals surface area contributed by atoms with E-state index in [-0.39, 0.29) is 42.7 Å². The molecule has 0 unspecified atom stereocenters. The Hall–Kier alpha value is -2.62. The first-order valence-electron chi connectivity index (χ1n) is 11.2. The number of halogens is 2. The fourth-order valence-electron chi connectivity index (χ4n) is 4.27. The molecule has 1 atom stereocenters. The number of hydrogen-bond donors (Lipinski definition) is 2. The summed E-state index contributed by atoms with van der Waals surface area (Å²) < 4.78 is 0. The smallest absolute Gasteiger partial charge is 0.245 e. The second-order valence-electron chi connectivity index (χ2n) is 8.78. The Labute approximate surface area is 211 Å². The maximum atomic E-state index is 13.5. The third-order valence-corrected chi connectivity index (χ3v) is 6.27. The van der Waals surface area contributed by atoms with Crippen LogP contribution in [0.25, 0.3) is 0 Å². The molecule has 1 aromatic heterocycles. The molecule has 1 fully saturated rings. The highest BCUT2D eigenvalue weighted by atomic mass is 35.5. The lowest BCUT2D eigenvalue weighted by Gasteiger charge is -2.39. The minimum Gasteiger partial charge on any atom is -0.359 e. The Morgan fingerprint density at radius 2 is 1.82 bits per heavy atom. The number of rotatable bonds is 6. The molecule has 0 aliphatic carbocycles. The van der Waals surface area contributed by atoms with Gasteiger partial charge in [-0.15, -0.1) is 12.4 Å². The zero-order valence-corrected chi connectivity index (χ0v) is 21.2. The molecule has 2 aromatic rings. The summed E-state index contributed by atoms with van der Waals surface area (Å²) in [6, 6.07) is 7.81. The minimum absolute atomic E-state index is 0. The van der Waals surface area contributed by atoms with Gasteiger partial charge in [0, 0.05) is 50.8 Å². The summed E-state index contributed by atoms with van der Waals surface area (Å²) >= 11 is 6.06. The highest BCUT2D eigenvalue weighted by Crippen LogP contribution is 2.35. The van der Waals surface area contributed by atoms with Crippen molar-refractivity contribution < 1.29 is 9.59 Å². The number of piperazine rings is 1. The van der Waals surface area contributed by atoms with Gasteiger partial charge in [-0.2, -0.15) is 0 Å². The molecule has 1 aromatic carbocycles. The number of benzene rings is 1. The van der Waals surface area contributed by atoms with E-state index in [1.54, 1.807) is 0 Å². The lowest BCUT2D eigenvalue weighted by molar-refractivity contribution is -0.133. The number of aromatic nitrogens is 2. The van der Waals surface area contributed by atoms with Gasteiger partial charge >= 0.3 is 0 Å². The lowest BCUT2D eigenvalue weighted by Crippen LogP contribution is -2.51. The van der Waals surface area contributed by atoms with Crippen LogP contribution < -0.4 is 20.4 Å². The van der Waals surface area contributed by atoms with Crippen LogP contribution in [-0.2, 0) is 9.59 Å². The van der Waals surface area contributed by atoms with E-state index in [1.165, 1.54) is 6.33 Å². The summed E-state index contributed by atoms with van der Waals surface area (Å²) in [7, 11) is 1.86. The summed E-state index contributed by atoms with van der Waals surface area (Å²) in [6.07, 6.45) is 1.47. The highest BCUT2D eigenvalue weighted by molar-refractivity contribution is 6.30. The zero-order chi connectivity index (χ0) is 23.5. The van der Waals surface area contributed by atoms with Crippen molar-refractivity contribution in [1.82, 2.24) is 20.2 Å². The SMILES string of the molecule is CC(C)NC[C@@H](C(=O)N1CCN(c2ncnc3c2N(C)CC(=O)N3)CC1)c1ccc(Cl)cc1.Cl. The number of nitrogens with zero attached hydrogens (tertiary/aromatic N) is 5. The fraction of sp³-hybridized carbons (Fsp3) is 0.478. The molecule has 2 aliphatic heterocycles. The van der Waals surface area contributed by atoms with Crippen LogP contribution in [-0.4, -0.2) is 79.0 Å². The second kappa shape index (κ2) is 11.2. The molecule has 2 aliphatic rings. The summed E-state index contributed by atoms with van der Waals surface area (Å²) in [5, 5.41) is 6.88. The standard InChI is InChI=1S/C23H30ClN7O2.ClH/c1-15(2)25-12-18(16-4-6-17(24)7-5-16)23(33)31-10-8-30(9-11-31)22-20-21(26-14-27-22)28-19(32)13-29(20)3;/h4-7,14-15,18,25H,8-13H2,1-3H3,(H,26,27,28,32);1H/t18-;/m1./s1. The molecular formula is C23H31Cl2N7O2. The van der Waals surface area contributed by atoms with E-state index >= 15 is 0 Å². The van der Waals surface area contributed by atoms with Crippen LogP contribution in [0.15, 0.2) is 30.6 Å². The van der Waals surface area contributed by atoms with Crippen LogP contribution in [0.2, 0.25) is 5.02 Å². The second-order valence-corrected chi connectivity index (χ2v) is 9.21. The first-order chi connectivity index (χ1) is 15.8. The van der Waals surface area contributed by atoms with Gasteiger partial charge in [0.05, 0.1) is 12.5 Å². The van der Waals surface area contributed by atoms with Crippen molar-refractivity contribution in [3.63, 3.8) is 0 Å². The van der Waals surface area contributed by atoms with Crippen molar-refractivity contribution >= 4 is 53.1 Å². The van der Waals surface area contributed by atoms with Crippen molar-refractivity contribution in [2.45, 2.75) is 25.8 Å². The number of fused-ring (bicyclic) bond motifs is 1. The number of hydrogen-bond acceptors (Lipinski definition) is 7. The lowest BCUT2D eigenvalue weighted by atomic mass is 9.96. The molecule has 3 heterocycles. The van der Waals surface area contributed by atoms with Gasteiger partial charge in [-0.1, -0.05) is 37.6 Å². The molecule has 2 amide bonds. The predicted octanol–water partition coefficient (Wildman–Crippen LogP) is 2.37. The Balaban J connectivity index is 0.00000324. The first kappa shape index (κ1) is 26.0. The normalized spacial score (nSPS) is 16.6. The molecule has 9 nitrogen and oxygen atoms in total. The predicted molar refractivity (Wildman–Crippen MR) is 137 cm³/mol. The maximum Gasteiger partial charge on any atom is 0.245 e. The Kier molecular flexibility index (Phi) is 8.57. The quantitative estimate of drug-likeness (QED) is 0.619. The number of nitrogens with one attached hydrogen (secondary N) is 2. The van der Waals surface area contributed by atoms with Gasteiger partial charge in [0.1, 0.15) is 12.0 Å². The average molecular weight is 508 g/mol. The van der Waals surface area contributed by atoms with Gasteiger partial charge in [0.15, 0.2) is 11.6 Å². The van der Waals surface area contributed by atoms with Gasteiger partial charge < -0.3 is 25.3 Å². The number of carbonyl (C=O) groups excluding carboxylic acids is 2. The monoisotopic (exact) mass is 507 g/mol. The van der Waals surface area contributed by atoms with Crippen molar-refractivity contribution in [2.24, 2.45) is 0 Å². The molecule has 11 heteroatoms. The van der Waals surface area contributed by atoms with E-state index in [0.29, 0.717) is 43.6 Å². The third kappa shape index (κ3) is 5.71. The highest BCUT2D eigenvalue weighted by Gasteiger charge is 2.32. The van der Waals surface area contributed by atoms with Crippen molar-refractivity contribution in [1.29, 1.82) is 0 Å². The van der Waals surface area contributed by atoms with E-state index in [4.69, 9.17) is 11.6 Å². The minimum atomic E-state index is -0.274. The number of amides is 2. The van der Waals surface area contributed by atoms with Gasteiger partial charge in [-0.3, -0.25) is 9.59 Å². The van der Waals surface area contributed by atoms with Crippen LogP contribution >= 0.6 is 24.0 Å². The number of likely N-dealkylation sites (N-methyl/N-ethyl adjacent to an activating group) is 1. The first-order valence-corrected chi connectivity index (χ1v) is 11.6. The van der Waals surface area contributed by atoms with Crippen molar-refractivity contribution in [2.75, 3.05) is 61.4 Å². The Morgan fingerprint density at radius 3 is 2.47 bits per heavy atom. The summed E-state index contributed by atoms with van der Waals surface area (Å²) in [4.78, 5) is 40.0. The Morgan fingerprint density at radius 1 is 1.15 bits per heavy atom. The molecule has 1 saturated heterocycles. The molecule has 184 valence electrons. The maximum absolute atomic E-state index is 13.5. The van der Waals surface area contributed by atoms with E-state index in [1.807, 2.05) is 41.1 Å². The van der Waals surface area contributed by atoms with Crippen LogP contribution in [0.3, 0.4) is 0 Å². The van der Waals surface area contributed by atoms with Gasteiger partial charge in [-0.25, -0.2) is 9.97 Å². The molecule has 0 spiro atoms. The molecule has 0 bridgehead atoms. The number of carbonyl (C=O) groups is 2. The van der Waals surface area contributed by atoms with E-state index in [0.717, 1.165) is 17.1 Å². The van der Waals surface area contributed by atoms with Gasteiger partial charge in [-0.05, 0) is 17.7 Å².